The number of carbonyl (C=O) groups is 1. The molecule has 6 heteroatoms. The van der Waals surface area contributed by atoms with Crippen LogP contribution in [0.4, 0.5) is 0 Å². The Morgan fingerprint density at radius 1 is 1.08 bits per heavy atom. The van der Waals surface area contributed by atoms with E-state index in [9.17, 15) is 9.59 Å². The van der Waals surface area contributed by atoms with Gasteiger partial charge in [-0.2, -0.15) is 0 Å². The van der Waals surface area contributed by atoms with Gasteiger partial charge in [-0.05, 0) is 42.3 Å². The molecule has 0 atom stereocenters. The second-order valence-electron chi connectivity index (χ2n) is 5.71. The van der Waals surface area contributed by atoms with Gasteiger partial charge in [0.2, 0.25) is 0 Å². The molecular formula is C20H18O6. The van der Waals surface area contributed by atoms with Crippen molar-refractivity contribution in [1.82, 2.24) is 0 Å². The van der Waals surface area contributed by atoms with Crippen LogP contribution in [0.3, 0.4) is 0 Å². The minimum Gasteiger partial charge on any atom is -0.497 e. The van der Waals surface area contributed by atoms with E-state index in [1.54, 1.807) is 31.4 Å². The zero-order valence-electron chi connectivity index (χ0n) is 14.7. The van der Waals surface area contributed by atoms with E-state index in [1.807, 2.05) is 19.1 Å². The van der Waals surface area contributed by atoms with Gasteiger partial charge in [-0.3, -0.25) is 0 Å². The van der Waals surface area contributed by atoms with E-state index in [1.165, 1.54) is 13.2 Å². The van der Waals surface area contributed by atoms with Gasteiger partial charge in [0.15, 0.2) is 6.61 Å². The highest BCUT2D eigenvalue weighted by molar-refractivity contribution is 5.98. The van der Waals surface area contributed by atoms with Crippen molar-refractivity contribution in [3.8, 4) is 22.6 Å². The summed E-state index contributed by atoms with van der Waals surface area (Å²) in [6.45, 7) is 1.61. The minimum absolute atomic E-state index is 0.240. The van der Waals surface area contributed by atoms with Crippen LogP contribution in [0.15, 0.2) is 51.7 Å². The van der Waals surface area contributed by atoms with Gasteiger partial charge >= 0.3 is 11.6 Å². The molecule has 0 unspecified atom stereocenters. The van der Waals surface area contributed by atoms with E-state index >= 15 is 0 Å². The van der Waals surface area contributed by atoms with Crippen molar-refractivity contribution in [2.24, 2.45) is 0 Å². The quantitative estimate of drug-likeness (QED) is 0.517. The molecule has 3 rings (SSSR count). The van der Waals surface area contributed by atoms with E-state index < -0.39 is 11.6 Å². The summed E-state index contributed by atoms with van der Waals surface area (Å²) in [7, 11) is 2.88. The molecule has 0 saturated carbocycles. The Kier molecular flexibility index (Phi) is 4.93. The topological polar surface area (TPSA) is 75.0 Å². The van der Waals surface area contributed by atoms with Gasteiger partial charge in [0.1, 0.15) is 17.1 Å². The molecule has 3 aromatic rings. The van der Waals surface area contributed by atoms with Crippen LogP contribution in [-0.2, 0) is 9.53 Å². The molecule has 0 saturated heterocycles. The molecule has 1 aromatic heterocycles. The number of hydrogen-bond acceptors (Lipinski definition) is 6. The van der Waals surface area contributed by atoms with Gasteiger partial charge in [0.05, 0.1) is 19.6 Å². The van der Waals surface area contributed by atoms with Crippen LogP contribution in [0.25, 0.3) is 22.1 Å². The first-order chi connectivity index (χ1) is 12.5. The second-order valence-corrected chi connectivity index (χ2v) is 5.71. The predicted molar refractivity (Wildman–Crippen MR) is 96.7 cm³/mol. The van der Waals surface area contributed by atoms with Crippen molar-refractivity contribution in [2.45, 2.75) is 6.92 Å². The fourth-order valence-corrected chi connectivity index (χ4v) is 2.70. The number of aryl methyl sites for hydroxylation is 1. The number of hydrogen-bond donors (Lipinski definition) is 0. The van der Waals surface area contributed by atoms with Crippen LogP contribution in [-0.4, -0.2) is 26.8 Å². The van der Waals surface area contributed by atoms with Gasteiger partial charge in [-0.25, -0.2) is 9.59 Å². The molecule has 134 valence electrons. The molecule has 1 heterocycles. The van der Waals surface area contributed by atoms with Crippen molar-refractivity contribution in [2.75, 3.05) is 20.8 Å². The molecule has 0 radical (unpaired) electrons. The first kappa shape index (κ1) is 17.5. The average Bonchev–Trinajstić information content (AvgIpc) is 2.64. The molecule has 0 bridgehead atoms. The van der Waals surface area contributed by atoms with Crippen LogP contribution in [0, 0.1) is 6.92 Å². The highest BCUT2D eigenvalue weighted by atomic mass is 16.6. The number of ether oxygens (including phenoxy) is 3. The van der Waals surface area contributed by atoms with Crippen LogP contribution < -0.4 is 15.1 Å². The smallest absolute Gasteiger partial charge is 0.343 e. The Hall–Kier alpha value is -3.28. The van der Waals surface area contributed by atoms with E-state index in [2.05, 4.69) is 4.74 Å². The zero-order chi connectivity index (χ0) is 18.7. The Morgan fingerprint density at radius 2 is 1.81 bits per heavy atom. The first-order valence-electron chi connectivity index (χ1n) is 7.94. The normalized spacial score (nSPS) is 10.6. The van der Waals surface area contributed by atoms with Gasteiger partial charge in [0.25, 0.3) is 0 Å². The summed E-state index contributed by atoms with van der Waals surface area (Å²) >= 11 is 0. The number of esters is 1. The van der Waals surface area contributed by atoms with Gasteiger partial charge in [-0.15, -0.1) is 0 Å². The highest BCUT2D eigenvalue weighted by Crippen LogP contribution is 2.36. The standard InChI is InChI=1S/C20H18O6/c1-12-8-16(25-11-19(22)24-3)20-15(10-18(21)26-17(20)9-12)13-4-6-14(23-2)7-5-13/h4-10H,11H2,1-3H3. The predicted octanol–water partition coefficient (Wildman–Crippen LogP) is 3.33. The Bertz CT molecular complexity index is 1000. The maximum atomic E-state index is 12.0. The van der Waals surface area contributed by atoms with Crippen molar-refractivity contribution in [1.29, 1.82) is 0 Å². The van der Waals surface area contributed by atoms with Gasteiger partial charge < -0.3 is 18.6 Å². The Balaban J connectivity index is 2.20. The summed E-state index contributed by atoms with van der Waals surface area (Å²) in [6, 6.07) is 12.3. The van der Waals surface area contributed by atoms with Crippen LogP contribution in [0.5, 0.6) is 11.5 Å². The lowest BCUT2D eigenvalue weighted by Gasteiger charge is -2.13. The van der Waals surface area contributed by atoms with Gasteiger partial charge in [0, 0.05) is 11.6 Å². The molecule has 0 amide bonds. The molecule has 0 N–H and O–H groups in total. The maximum Gasteiger partial charge on any atom is 0.343 e. The third-order valence-corrected chi connectivity index (χ3v) is 3.93. The molecule has 0 fully saturated rings. The first-order valence-corrected chi connectivity index (χ1v) is 7.94. The van der Waals surface area contributed by atoms with Crippen LogP contribution in [0.1, 0.15) is 5.56 Å². The van der Waals surface area contributed by atoms with Crippen molar-refractivity contribution >= 4 is 16.9 Å². The summed E-state index contributed by atoms with van der Waals surface area (Å²) in [5, 5.41) is 0.615. The SMILES string of the molecule is COC(=O)COc1cc(C)cc2oc(=O)cc(-c3ccc(OC)cc3)c12. The molecule has 0 aliphatic rings. The molecular weight excluding hydrogens is 336 g/mol. The average molecular weight is 354 g/mol. The zero-order valence-corrected chi connectivity index (χ0v) is 14.7. The third kappa shape index (κ3) is 3.54. The summed E-state index contributed by atoms with van der Waals surface area (Å²) in [6.07, 6.45) is 0. The molecule has 0 aliphatic heterocycles. The molecule has 6 nitrogen and oxygen atoms in total. The lowest BCUT2D eigenvalue weighted by Crippen LogP contribution is -2.13. The fourth-order valence-electron chi connectivity index (χ4n) is 2.70. The molecule has 0 spiro atoms. The largest absolute Gasteiger partial charge is 0.497 e. The summed E-state index contributed by atoms with van der Waals surface area (Å²) in [5.74, 6) is 0.655. The molecule has 2 aromatic carbocycles. The highest BCUT2D eigenvalue weighted by Gasteiger charge is 2.15. The second kappa shape index (κ2) is 7.31. The lowest BCUT2D eigenvalue weighted by molar-refractivity contribution is -0.142. The fraction of sp³-hybridized carbons (Fsp3) is 0.200. The summed E-state index contributed by atoms with van der Waals surface area (Å²) in [5.41, 5.74) is 2.22. The molecule has 0 aliphatic carbocycles. The number of rotatable bonds is 5. The van der Waals surface area contributed by atoms with Crippen LogP contribution >= 0.6 is 0 Å². The van der Waals surface area contributed by atoms with Crippen molar-refractivity contribution < 1.29 is 23.4 Å². The van der Waals surface area contributed by atoms with E-state index in [-0.39, 0.29) is 6.61 Å². The summed E-state index contributed by atoms with van der Waals surface area (Å²) in [4.78, 5) is 23.5. The monoisotopic (exact) mass is 354 g/mol. The molecule has 26 heavy (non-hydrogen) atoms. The number of methoxy groups -OCH3 is 2. The number of fused-ring (bicyclic) bond motifs is 1. The summed E-state index contributed by atoms with van der Waals surface area (Å²) < 4.78 is 20.8. The van der Waals surface area contributed by atoms with E-state index in [0.717, 1.165) is 11.1 Å². The number of carbonyl (C=O) groups excluding carboxylic acids is 1. The van der Waals surface area contributed by atoms with E-state index in [4.69, 9.17) is 13.9 Å². The third-order valence-electron chi connectivity index (χ3n) is 3.93. The Labute approximate surface area is 149 Å². The maximum absolute atomic E-state index is 12.0. The minimum atomic E-state index is -0.497. The number of benzene rings is 2. The lowest BCUT2D eigenvalue weighted by atomic mass is 10.00. The van der Waals surface area contributed by atoms with Crippen LogP contribution in [0.2, 0.25) is 0 Å². The van der Waals surface area contributed by atoms with E-state index in [0.29, 0.717) is 28.0 Å². The van der Waals surface area contributed by atoms with Crippen molar-refractivity contribution in [3.05, 3.63) is 58.4 Å². The Morgan fingerprint density at radius 3 is 2.46 bits per heavy atom. The van der Waals surface area contributed by atoms with Gasteiger partial charge in [-0.1, -0.05) is 12.1 Å². The van der Waals surface area contributed by atoms with Crippen molar-refractivity contribution in [3.63, 3.8) is 0 Å².